The van der Waals surface area contributed by atoms with E-state index in [0.717, 1.165) is 36.8 Å². The molecule has 3 rings (SSSR count). The van der Waals surface area contributed by atoms with Crippen LogP contribution in [0, 0.1) is 5.82 Å². The number of rotatable bonds is 2. The molecule has 1 amide bonds. The zero-order chi connectivity index (χ0) is 13.2. The van der Waals surface area contributed by atoms with Crippen molar-refractivity contribution >= 4 is 16.8 Å². The first-order valence-electron chi connectivity index (χ1n) is 6.52. The van der Waals surface area contributed by atoms with E-state index in [4.69, 9.17) is 0 Å². The molecule has 0 spiro atoms. The van der Waals surface area contributed by atoms with Crippen LogP contribution in [0.1, 0.15) is 23.3 Å². The molecule has 1 aromatic carbocycles. The largest absolute Gasteiger partial charge is 0.351 e. The Morgan fingerprint density at radius 1 is 1.26 bits per heavy atom. The second-order valence-corrected chi connectivity index (χ2v) is 4.91. The Kier molecular flexibility index (Phi) is 3.21. The number of nitrogens with one attached hydrogen (secondary N) is 3. The van der Waals surface area contributed by atoms with Crippen LogP contribution in [0.3, 0.4) is 0 Å². The van der Waals surface area contributed by atoms with Crippen molar-refractivity contribution < 1.29 is 9.18 Å². The highest BCUT2D eigenvalue weighted by Gasteiger charge is 2.17. The van der Waals surface area contributed by atoms with Gasteiger partial charge in [0.1, 0.15) is 11.5 Å². The predicted molar refractivity (Wildman–Crippen MR) is 71.6 cm³/mol. The molecule has 3 N–H and O–H groups in total. The van der Waals surface area contributed by atoms with Gasteiger partial charge < -0.3 is 15.6 Å². The van der Waals surface area contributed by atoms with E-state index >= 15 is 0 Å². The fourth-order valence-electron chi connectivity index (χ4n) is 2.46. The molecular formula is C14H16FN3O. The quantitative estimate of drug-likeness (QED) is 0.772. The standard InChI is InChI=1S/C14H16FN3O/c15-10-1-2-12-9(7-10)8-13(18-12)14(19)17-11-3-5-16-6-4-11/h1-2,7-8,11,16,18H,3-6H2,(H,17,19). The van der Waals surface area contributed by atoms with Crippen LogP contribution in [0.4, 0.5) is 4.39 Å². The van der Waals surface area contributed by atoms with E-state index in [9.17, 15) is 9.18 Å². The minimum Gasteiger partial charge on any atom is -0.351 e. The molecule has 5 heteroatoms. The molecule has 2 aromatic rings. The molecule has 0 radical (unpaired) electrons. The van der Waals surface area contributed by atoms with Crippen molar-refractivity contribution in [2.45, 2.75) is 18.9 Å². The zero-order valence-corrected chi connectivity index (χ0v) is 10.5. The van der Waals surface area contributed by atoms with E-state index in [1.807, 2.05) is 0 Å². The Balaban J connectivity index is 1.77. The van der Waals surface area contributed by atoms with Crippen LogP contribution in [0.5, 0.6) is 0 Å². The molecule has 2 heterocycles. The number of carbonyl (C=O) groups excluding carboxylic acids is 1. The molecule has 0 atom stereocenters. The summed E-state index contributed by atoms with van der Waals surface area (Å²) >= 11 is 0. The third-order valence-corrected chi connectivity index (χ3v) is 3.50. The maximum atomic E-state index is 13.1. The van der Waals surface area contributed by atoms with E-state index in [1.165, 1.54) is 12.1 Å². The van der Waals surface area contributed by atoms with Crippen LogP contribution >= 0.6 is 0 Å². The number of hydrogen-bond acceptors (Lipinski definition) is 2. The van der Waals surface area contributed by atoms with Gasteiger partial charge in [0, 0.05) is 16.9 Å². The number of benzene rings is 1. The van der Waals surface area contributed by atoms with Gasteiger partial charge in [0.25, 0.3) is 5.91 Å². The van der Waals surface area contributed by atoms with Gasteiger partial charge in [-0.05, 0) is 50.2 Å². The Bertz CT molecular complexity index is 602. The smallest absolute Gasteiger partial charge is 0.267 e. The van der Waals surface area contributed by atoms with Crippen molar-refractivity contribution in [1.29, 1.82) is 0 Å². The third-order valence-electron chi connectivity index (χ3n) is 3.50. The summed E-state index contributed by atoms with van der Waals surface area (Å²) < 4.78 is 13.1. The van der Waals surface area contributed by atoms with Gasteiger partial charge in [0.15, 0.2) is 0 Å². The molecule has 1 saturated heterocycles. The summed E-state index contributed by atoms with van der Waals surface area (Å²) in [5.74, 6) is -0.416. The lowest BCUT2D eigenvalue weighted by Crippen LogP contribution is -2.42. The van der Waals surface area contributed by atoms with Gasteiger partial charge in [0.05, 0.1) is 0 Å². The minimum absolute atomic E-state index is 0.122. The second-order valence-electron chi connectivity index (χ2n) is 4.91. The highest BCUT2D eigenvalue weighted by Crippen LogP contribution is 2.17. The number of amides is 1. The lowest BCUT2D eigenvalue weighted by Gasteiger charge is -2.23. The van der Waals surface area contributed by atoms with E-state index in [2.05, 4.69) is 15.6 Å². The fourth-order valence-corrected chi connectivity index (χ4v) is 2.46. The third kappa shape index (κ3) is 2.61. The van der Waals surface area contributed by atoms with E-state index in [1.54, 1.807) is 12.1 Å². The molecule has 1 fully saturated rings. The van der Waals surface area contributed by atoms with Gasteiger partial charge in [-0.15, -0.1) is 0 Å². The van der Waals surface area contributed by atoms with E-state index in [0.29, 0.717) is 5.69 Å². The number of fused-ring (bicyclic) bond motifs is 1. The topological polar surface area (TPSA) is 56.9 Å². The molecule has 1 aromatic heterocycles. The Hall–Kier alpha value is -1.88. The summed E-state index contributed by atoms with van der Waals surface area (Å²) in [6, 6.07) is 6.36. The monoisotopic (exact) mass is 261 g/mol. The van der Waals surface area contributed by atoms with Crippen LogP contribution in [-0.4, -0.2) is 30.0 Å². The summed E-state index contributed by atoms with van der Waals surface area (Å²) in [7, 11) is 0. The van der Waals surface area contributed by atoms with Crippen LogP contribution < -0.4 is 10.6 Å². The van der Waals surface area contributed by atoms with E-state index < -0.39 is 0 Å². The molecule has 0 saturated carbocycles. The van der Waals surface area contributed by atoms with Crippen molar-refractivity contribution in [2.75, 3.05) is 13.1 Å². The number of aromatic amines is 1. The van der Waals surface area contributed by atoms with Gasteiger partial charge in [-0.25, -0.2) is 4.39 Å². The summed E-state index contributed by atoms with van der Waals surface area (Å²) in [5, 5.41) is 6.98. The molecule has 19 heavy (non-hydrogen) atoms. The SMILES string of the molecule is O=C(NC1CCNCC1)c1cc2cc(F)ccc2[nH]1. The molecule has 100 valence electrons. The van der Waals surface area contributed by atoms with Gasteiger partial charge >= 0.3 is 0 Å². The summed E-state index contributed by atoms with van der Waals surface area (Å²) in [4.78, 5) is 15.1. The fraction of sp³-hybridized carbons (Fsp3) is 0.357. The second kappa shape index (κ2) is 5.01. The van der Waals surface area contributed by atoms with Gasteiger partial charge in [-0.3, -0.25) is 4.79 Å². The summed E-state index contributed by atoms with van der Waals surface area (Å²) in [6.07, 6.45) is 1.89. The number of aromatic nitrogens is 1. The molecule has 4 nitrogen and oxygen atoms in total. The van der Waals surface area contributed by atoms with E-state index in [-0.39, 0.29) is 17.8 Å². The van der Waals surface area contributed by atoms with Crippen LogP contribution in [0.25, 0.3) is 10.9 Å². The number of halogens is 1. The lowest BCUT2D eigenvalue weighted by molar-refractivity contribution is 0.0925. The van der Waals surface area contributed by atoms with Crippen molar-refractivity contribution in [3.05, 3.63) is 35.8 Å². The zero-order valence-electron chi connectivity index (χ0n) is 10.5. The first-order valence-corrected chi connectivity index (χ1v) is 6.52. The molecule has 0 bridgehead atoms. The number of carbonyl (C=O) groups is 1. The summed E-state index contributed by atoms with van der Waals surface area (Å²) in [6.45, 7) is 1.87. The summed E-state index contributed by atoms with van der Waals surface area (Å²) in [5.41, 5.74) is 1.26. The van der Waals surface area contributed by atoms with Crippen molar-refractivity contribution in [1.82, 2.24) is 15.6 Å². The van der Waals surface area contributed by atoms with Crippen molar-refractivity contribution in [3.63, 3.8) is 0 Å². The van der Waals surface area contributed by atoms with Crippen molar-refractivity contribution in [2.24, 2.45) is 0 Å². The molecule has 0 unspecified atom stereocenters. The average molecular weight is 261 g/mol. The van der Waals surface area contributed by atoms with Crippen LogP contribution in [0.2, 0.25) is 0 Å². The number of H-pyrrole nitrogens is 1. The lowest BCUT2D eigenvalue weighted by atomic mass is 10.1. The Labute approximate surface area is 110 Å². The Morgan fingerprint density at radius 2 is 2.05 bits per heavy atom. The first kappa shape index (κ1) is 12.2. The molecular weight excluding hydrogens is 245 g/mol. The number of hydrogen-bond donors (Lipinski definition) is 3. The molecule has 1 aliphatic rings. The molecule has 0 aliphatic carbocycles. The van der Waals surface area contributed by atoms with Crippen molar-refractivity contribution in [3.8, 4) is 0 Å². The highest BCUT2D eigenvalue weighted by molar-refractivity contribution is 5.98. The van der Waals surface area contributed by atoms with Crippen LogP contribution in [0.15, 0.2) is 24.3 Å². The predicted octanol–water partition coefficient (Wildman–Crippen LogP) is 1.79. The highest BCUT2D eigenvalue weighted by atomic mass is 19.1. The van der Waals surface area contributed by atoms with Gasteiger partial charge in [0.2, 0.25) is 0 Å². The van der Waals surface area contributed by atoms with Gasteiger partial charge in [-0.1, -0.05) is 0 Å². The maximum Gasteiger partial charge on any atom is 0.267 e. The normalized spacial score (nSPS) is 16.7. The van der Waals surface area contributed by atoms with Gasteiger partial charge in [-0.2, -0.15) is 0 Å². The molecule has 1 aliphatic heterocycles. The van der Waals surface area contributed by atoms with Crippen LogP contribution in [-0.2, 0) is 0 Å². The number of piperidine rings is 1. The first-order chi connectivity index (χ1) is 9.22. The maximum absolute atomic E-state index is 13.1. The minimum atomic E-state index is -0.295. The average Bonchev–Trinajstić information content (AvgIpc) is 2.83. The Morgan fingerprint density at radius 3 is 2.84 bits per heavy atom.